The SMILES string of the molecule is C=Cc1c(SN2CCNCC2)cccc1C(=C)N(C)C. The van der Waals surface area contributed by atoms with Gasteiger partial charge >= 0.3 is 0 Å². The molecule has 0 saturated carbocycles. The van der Waals surface area contributed by atoms with E-state index in [4.69, 9.17) is 0 Å². The molecule has 0 aliphatic carbocycles. The molecule has 3 nitrogen and oxygen atoms in total. The summed E-state index contributed by atoms with van der Waals surface area (Å²) in [6.07, 6.45) is 1.94. The van der Waals surface area contributed by atoms with E-state index in [9.17, 15) is 0 Å². The lowest BCUT2D eigenvalue weighted by Crippen LogP contribution is -2.39. The van der Waals surface area contributed by atoms with Crippen molar-refractivity contribution in [1.82, 2.24) is 14.5 Å². The lowest BCUT2D eigenvalue weighted by atomic mass is 10.0. The number of nitrogens with one attached hydrogen (secondary N) is 1. The summed E-state index contributed by atoms with van der Waals surface area (Å²) in [5, 5.41) is 3.38. The van der Waals surface area contributed by atoms with Crippen molar-refractivity contribution in [2.75, 3.05) is 40.3 Å². The molecule has 1 fully saturated rings. The lowest BCUT2D eigenvalue weighted by Gasteiger charge is -2.27. The van der Waals surface area contributed by atoms with Crippen molar-refractivity contribution in [3.8, 4) is 0 Å². The Labute approximate surface area is 126 Å². The van der Waals surface area contributed by atoms with Crippen LogP contribution in [0, 0.1) is 0 Å². The largest absolute Gasteiger partial charge is 0.378 e. The molecule has 0 radical (unpaired) electrons. The maximum atomic E-state index is 4.17. The highest BCUT2D eigenvalue weighted by Gasteiger charge is 2.15. The van der Waals surface area contributed by atoms with Gasteiger partial charge in [-0.2, -0.15) is 0 Å². The molecular weight excluding hydrogens is 266 g/mol. The zero-order valence-corrected chi connectivity index (χ0v) is 13.2. The van der Waals surface area contributed by atoms with Crippen LogP contribution in [0.3, 0.4) is 0 Å². The quantitative estimate of drug-likeness (QED) is 0.840. The highest BCUT2D eigenvalue weighted by molar-refractivity contribution is 7.97. The molecule has 1 aromatic carbocycles. The minimum Gasteiger partial charge on any atom is -0.378 e. The maximum absolute atomic E-state index is 4.17. The van der Waals surface area contributed by atoms with E-state index < -0.39 is 0 Å². The van der Waals surface area contributed by atoms with E-state index in [-0.39, 0.29) is 0 Å². The second kappa shape index (κ2) is 6.97. The molecule has 0 amide bonds. The van der Waals surface area contributed by atoms with Gasteiger partial charge in [0.05, 0.1) is 0 Å². The van der Waals surface area contributed by atoms with Crippen molar-refractivity contribution in [2.24, 2.45) is 0 Å². The first-order valence-electron chi connectivity index (χ1n) is 6.89. The van der Waals surface area contributed by atoms with Gasteiger partial charge in [0.2, 0.25) is 0 Å². The third-order valence-corrected chi connectivity index (χ3v) is 4.60. The van der Waals surface area contributed by atoms with Crippen LogP contribution < -0.4 is 5.32 Å². The number of nitrogens with zero attached hydrogens (tertiary/aromatic N) is 2. The molecule has 1 aliphatic heterocycles. The van der Waals surface area contributed by atoms with Crippen molar-refractivity contribution in [3.05, 3.63) is 42.5 Å². The van der Waals surface area contributed by atoms with Crippen LogP contribution in [0.5, 0.6) is 0 Å². The number of rotatable bonds is 5. The Kier molecular flexibility index (Phi) is 5.29. The highest BCUT2D eigenvalue weighted by Crippen LogP contribution is 2.32. The van der Waals surface area contributed by atoms with Crippen molar-refractivity contribution >= 4 is 23.7 Å². The van der Waals surface area contributed by atoms with Gasteiger partial charge < -0.3 is 10.2 Å². The van der Waals surface area contributed by atoms with Crippen molar-refractivity contribution in [3.63, 3.8) is 0 Å². The van der Waals surface area contributed by atoms with Crippen molar-refractivity contribution in [2.45, 2.75) is 4.90 Å². The van der Waals surface area contributed by atoms with Crippen LogP contribution in [0.2, 0.25) is 0 Å². The molecule has 1 saturated heterocycles. The molecule has 1 aliphatic rings. The molecule has 0 aromatic heterocycles. The molecule has 0 atom stereocenters. The Morgan fingerprint density at radius 2 is 2.05 bits per heavy atom. The zero-order valence-electron chi connectivity index (χ0n) is 12.4. The van der Waals surface area contributed by atoms with E-state index in [0.29, 0.717) is 0 Å². The summed E-state index contributed by atoms with van der Waals surface area (Å²) in [5.74, 6) is 0. The smallest absolute Gasteiger partial charge is 0.0368 e. The van der Waals surface area contributed by atoms with Crippen LogP contribution >= 0.6 is 11.9 Å². The van der Waals surface area contributed by atoms with Crippen LogP contribution in [0.4, 0.5) is 0 Å². The van der Waals surface area contributed by atoms with Crippen LogP contribution in [0.1, 0.15) is 11.1 Å². The van der Waals surface area contributed by atoms with Crippen LogP contribution in [0.25, 0.3) is 11.8 Å². The van der Waals surface area contributed by atoms with Gasteiger partial charge in [-0.3, -0.25) is 0 Å². The van der Waals surface area contributed by atoms with Gasteiger partial charge in [-0.15, -0.1) is 0 Å². The second-order valence-electron chi connectivity index (χ2n) is 5.03. The van der Waals surface area contributed by atoms with Gasteiger partial charge in [-0.1, -0.05) is 31.4 Å². The Hall–Kier alpha value is -1.23. The normalized spacial score (nSPS) is 15.9. The molecule has 0 bridgehead atoms. The predicted molar refractivity (Wildman–Crippen MR) is 89.6 cm³/mol. The van der Waals surface area contributed by atoms with Gasteiger partial charge in [-0.05, 0) is 23.6 Å². The molecular formula is C16H23N3S. The van der Waals surface area contributed by atoms with Crippen LogP contribution in [0.15, 0.2) is 36.3 Å². The monoisotopic (exact) mass is 289 g/mol. The topological polar surface area (TPSA) is 18.5 Å². The van der Waals surface area contributed by atoms with Crippen LogP contribution in [-0.2, 0) is 0 Å². The molecule has 2 rings (SSSR count). The first-order valence-corrected chi connectivity index (χ1v) is 7.66. The molecule has 0 spiro atoms. The van der Waals surface area contributed by atoms with E-state index >= 15 is 0 Å². The highest BCUT2D eigenvalue weighted by atomic mass is 32.2. The fraction of sp³-hybridized carbons (Fsp3) is 0.375. The van der Waals surface area contributed by atoms with E-state index in [2.05, 4.69) is 41.0 Å². The standard InChI is InChI=1S/C16H23N3S/c1-5-14-15(13(2)18(3)4)7-6-8-16(14)20-19-11-9-17-10-12-19/h5-8,17H,1-2,9-12H2,3-4H3. The fourth-order valence-corrected chi connectivity index (χ4v) is 3.28. The van der Waals surface area contributed by atoms with E-state index in [0.717, 1.165) is 37.4 Å². The number of hydrogen-bond donors (Lipinski definition) is 1. The minimum atomic E-state index is 1.02. The van der Waals surface area contributed by atoms with E-state index in [1.165, 1.54) is 10.5 Å². The number of piperazine rings is 1. The third kappa shape index (κ3) is 3.45. The number of hydrogen-bond acceptors (Lipinski definition) is 4. The van der Waals surface area contributed by atoms with E-state index in [1.807, 2.05) is 37.0 Å². The summed E-state index contributed by atoms with van der Waals surface area (Å²) in [6.45, 7) is 12.4. The lowest BCUT2D eigenvalue weighted by molar-refractivity contribution is 0.396. The molecule has 1 aromatic rings. The third-order valence-electron chi connectivity index (χ3n) is 3.42. The van der Waals surface area contributed by atoms with Gasteiger partial charge in [0.25, 0.3) is 0 Å². The summed E-state index contributed by atoms with van der Waals surface area (Å²) in [5.41, 5.74) is 3.35. The first kappa shape index (κ1) is 15.2. The van der Waals surface area contributed by atoms with Crippen molar-refractivity contribution < 1.29 is 0 Å². The van der Waals surface area contributed by atoms with Gasteiger partial charge in [0, 0.05) is 56.4 Å². The summed E-state index contributed by atoms with van der Waals surface area (Å²) < 4.78 is 2.40. The second-order valence-corrected chi connectivity index (χ2v) is 6.17. The number of benzene rings is 1. The fourth-order valence-electron chi connectivity index (χ4n) is 2.20. The molecule has 20 heavy (non-hydrogen) atoms. The van der Waals surface area contributed by atoms with E-state index in [1.54, 1.807) is 0 Å². The molecule has 0 unspecified atom stereocenters. The maximum Gasteiger partial charge on any atom is 0.0368 e. The summed E-state index contributed by atoms with van der Waals surface area (Å²) in [4.78, 5) is 3.30. The average molecular weight is 289 g/mol. The van der Waals surface area contributed by atoms with Gasteiger partial charge in [-0.25, -0.2) is 4.31 Å². The molecule has 4 heteroatoms. The van der Waals surface area contributed by atoms with Gasteiger partial charge in [0.1, 0.15) is 0 Å². The molecule has 1 N–H and O–H groups in total. The predicted octanol–water partition coefficient (Wildman–Crippen LogP) is 2.77. The van der Waals surface area contributed by atoms with Crippen molar-refractivity contribution in [1.29, 1.82) is 0 Å². The van der Waals surface area contributed by atoms with Gasteiger partial charge in [0.15, 0.2) is 0 Å². The summed E-state index contributed by atoms with van der Waals surface area (Å²) in [6, 6.07) is 6.37. The molecule has 108 valence electrons. The Morgan fingerprint density at radius 1 is 1.35 bits per heavy atom. The van der Waals surface area contributed by atoms with Crippen LogP contribution in [-0.4, -0.2) is 49.5 Å². The Bertz CT molecular complexity index is 490. The summed E-state index contributed by atoms with van der Waals surface area (Å²) in [7, 11) is 4.04. The Morgan fingerprint density at radius 3 is 2.65 bits per heavy atom. The average Bonchev–Trinajstić information content (AvgIpc) is 2.47. The zero-order chi connectivity index (χ0) is 14.5. The molecule has 1 heterocycles. The minimum absolute atomic E-state index is 1.02. The summed E-state index contributed by atoms with van der Waals surface area (Å²) >= 11 is 1.82. The first-order chi connectivity index (χ1) is 9.63. The Balaban J connectivity index is 2.26.